The molecule has 4 heteroatoms. The molecule has 0 amide bonds. The Hall–Kier alpha value is -0.770. The highest BCUT2D eigenvalue weighted by Gasteiger charge is 2.20. The standard InChI is InChI=1S/C14H21ClN2O/c1-2-17(13-6-7-16-11-13)8-9-18-14-5-3-4-12(15)10-14/h3-5,10,13,16H,2,6-9,11H2,1H3. The summed E-state index contributed by atoms with van der Waals surface area (Å²) < 4.78 is 5.73. The molecule has 1 fully saturated rings. The molecule has 0 radical (unpaired) electrons. The van der Waals surface area contributed by atoms with Gasteiger partial charge >= 0.3 is 0 Å². The molecule has 3 nitrogen and oxygen atoms in total. The van der Waals surface area contributed by atoms with Gasteiger partial charge in [0.25, 0.3) is 0 Å². The number of hydrogen-bond acceptors (Lipinski definition) is 3. The van der Waals surface area contributed by atoms with Gasteiger partial charge in [-0.1, -0.05) is 24.6 Å². The molecule has 1 N–H and O–H groups in total. The lowest BCUT2D eigenvalue weighted by molar-refractivity contribution is 0.174. The third kappa shape index (κ3) is 3.87. The topological polar surface area (TPSA) is 24.5 Å². The van der Waals surface area contributed by atoms with Crippen LogP contribution in [-0.2, 0) is 0 Å². The van der Waals surface area contributed by atoms with Crippen LogP contribution in [-0.4, -0.2) is 43.7 Å². The molecule has 1 unspecified atom stereocenters. The molecule has 18 heavy (non-hydrogen) atoms. The van der Waals surface area contributed by atoms with Gasteiger partial charge in [0.1, 0.15) is 12.4 Å². The molecule has 0 spiro atoms. The van der Waals surface area contributed by atoms with Gasteiger partial charge in [0.2, 0.25) is 0 Å². The van der Waals surface area contributed by atoms with Crippen LogP contribution in [0.5, 0.6) is 5.75 Å². The van der Waals surface area contributed by atoms with E-state index in [1.54, 1.807) is 0 Å². The minimum absolute atomic E-state index is 0.665. The summed E-state index contributed by atoms with van der Waals surface area (Å²) in [5, 5.41) is 4.12. The van der Waals surface area contributed by atoms with Crippen LogP contribution in [0, 0.1) is 0 Å². The van der Waals surface area contributed by atoms with E-state index in [0.29, 0.717) is 12.6 Å². The van der Waals surface area contributed by atoms with Gasteiger partial charge in [-0.3, -0.25) is 4.90 Å². The second kappa shape index (κ2) is 6.98. The number of likely N-dealkylation sites (N-methyl/N-ethyl adjacent to an activating group) is 1. The van der Waals surface area contributed by atoms with Gasteiger partial charge in [0.05, 0.1) is 0 Å². The van der Waals surface area contributed by atoms with Crippen LogP contribution in [0.15, 0.2) is 24.3 Å². The number of nitrogens with one attached hydrogen (secondary N) is 1. The Morgan fingerprint density at radius 3 is 3.06 bits per heavy atom. The van der Waals surface area contributed by atoms with Crippen LogP contribution in [0.25, 0.3) is 0 Å². The number of rotatable bonds is 6. The lowest BCUT2D eigenvalue weighted by Gasteiger charge is -2.26. The van der Waals surface area contributed by atoms with Gasteiger partial charge in [-0.25, -0.2) is 0 Å². The lowest BCUT2D eigenvalue weighted by atomic mass is 10.2. The molecule has 1 heterocycles. The molecule has 100 valence electrons. The van der Waals surface area contributed by atoms with Crippen molar-refractivity contribution in [3.8, 4) is 5.75 Å². The zero-order valence-electron chi connectivity index (χ0n) is 10.9. The van der Waals surface area contributed by atoms with Gasteiger partial charge in [0.15, 0.2) is 0 Å². The summed E-state index contributed by atoms with van der Waals surface area (Å²) in [6.07, 6.45) is 1.24. The fourth-order valence-corrected chi connectivity index (χ4v) is 2.57. The van der Waals surface area contributed by atoms with Crippen LogP contribution < -0.4 is 10.1 Å². The van der Waals surface area contributed by atoms with Crippen molar-refractivity contribution in [2.24, 2.45) is 0 Å². The average Bonchev–Trinajstić information content (AvgIpc) is 2.88. The molecule has 0 aliphatic carbocycles. The Labute approximate surface area is 114 Å². The van der Waals surface area contributed by atoms with E-state index < -0.39 is 0 Å². The third-order valence-corrected chi connectivity index (χ3v) is 3.64. The van der Waals surface area contributed by atoms with Crippen molar-refractivity contribution < 1.29 is 4.74 Å². The molecule has 0 aromatic heterocycles. The third-order valence-electron chi connectivity index (χ3n) is 3.40. The van der Waals surface area contributed by atoms with Gasteiger partial charge in [0, 0.05) is 24.2 Å². The van der Waals surface area contributed by atoms with E-state index in [1.807, 2.05) is 24.3 Å². The van der Waals surface area contributed by atoms with Gasteiger partial charge < -0.3 is 10.1 Å². The minimum Gasteiger partial charge on any atom is -0.492 e. The maximum absolute atomic E-state index is 5.92. The SMILES string of the molecule is CCN(CCOc1cccc(Cl)c1)C1CCNC1. The summed E-state index contributed by atoms with van der Waals surface area (Å²) in [5.74, 6) is 0.850. The number of halogens is 1. The molecule has 1 aromatic rings. The number of ether oxygens (including phenoxy) is 1. The summed E-state index contributed by atoms with van der Waals surface area (Å²) >= 11 is 5.92. The minimum atomic E-state index is 0.665. The number of nitrogens with zero attached hydrogens (tertiary/aromatic N) is 1. The molecule has 1 atom stereocenters. The van der Waals surface area contributed by atoms with Crippen molar-refractivity contribution in [2.75, 3.05) is 32.8 Å². The van der Waals surface area contributed by atoms with E-state index in [9.17, 15) is 0 Å². The van der Waals surface area contributed by atoms with Crippen LogP contribution in [0.4, 0.5) is 0 Å². The largest absolute Gasteiger partial charge is 0.492 e. The first-order valence-corrected chi connectivity index (χ1v) is 7.00. The molecule has 1 saturated heterocycles. The molecule has 0 bridgehead atoms. The second-order valence-electron chi connectivity index (χ2n) is 4.58. The summed E-state index contributed by atoms with van der Waals surface area (Å²) in [5.41, 5.74) is 0. The molecule has 1 aromatic carbocycles. The van der Waals surface area contributed by atoms with Crippen LogP contribution in [0.2, 0.25) is 5.02 Å². The van der Waals surface area contributed by atoms with Crippen LogP contribution in [0.1, 0.15) is 13.3 Å². The summed E-state index contributed by atoms with van der Waals surface area (Å²) in [7, 11) is 0. The van der Waals surface area contributed by atoms with Crippen molar-refractivity contribution >= 4 is 11.6 Å². The highest BCUT2D eigenvalue weighted by molar-refractivity contribution is 6.30. The maximum atomic E-state index is 5.92. The van der Waals surface area contributed by atoms with E-state index in [1.165, 1.54) is 6.42 Å². The Balaban J connectivity index is 1.76. The Kier molecular flexibility index (Phi) is 5.29. The predicted molar refractivity (Wildman–Crippen MR) is 75.5 cm³/mol. The summed E-state index contributed by atoms with van der Waals surface area (Å²) in [6.45, 7) is 7.20. The van der Waals surface area contributed by atoms with Gasteiger partial charge in [-0.2, -0.15) is 0 Å². The van der Waals surface area contributed by atoms with E-state index in [2.05, 4.69) is 17.1 Å². The van der Waals surface area contributed by atoms with Crippen molar-refractivity contribution in [2.45, 2.75) is 19.4 Å². The van der Waals surface area contributed by atoms with E-state index in [-0.39, 0.29) is 0 Å². The fourth-order valence-electron chi connectivity index (χ4n) is 2.39. The van der Waals surface area contributed by atoms with Crippen molar-refractivity contribution in [3.05, 3.63) is 29.3 Å². The van der Waals surface area contributed by atoms with E-state index >= 15 is 0 Å². The van der Waals surface area contributed by atoms with E-state index in [4.69, 9.17) is 16.3 Å². The lowest BCUT2D eigenvalue weighted by Crippen LogP contribution is -2.39. The molecule has 2 rings (SSSR count). The summed E-state index contributed by atoms with van der Waals surface area (Å²) in [4.78, 5) is 2.48. The zero-order valence-corrected chi connectivity index (χ0v) is 11.6. The first-order valence-electron chi connectivity index (χ1n) is 6.62. The van der Waals surface area contributed by atoms with Gasteiger partial charge in [-0.15, -0.1) is 0 Å². The first kappa shape index (κ1) is 13.7. The predicted octanol–water partition coefficient (Wildman–Crippen LogP) is 2.40. The first-order chi connectivity index (χ1) is 8.79. The molecular weight excluding hydrogens is 248 g/mol. The second-order valence-corrected chi connectivity index (χ2v) is 5.02. The number of benzene rings is 1. The fraction of sp³-hybridized carbons (Fsp3) is 0.571. The van der Waals surface area contributed by atoms with Gasteiger partial charge in [-0.05, 0) is 37.7 Å². The zero-order chi connectivity index (χ0) is 12.8. The highest BCUT2D eigenvalue weighted by atomic mass is 35.5. The normalized spacial score (nSPS) is 19.4. The smallest absolute Gasteiger partial charge is 0.120 e. The monoisotopic (exact) mass is 268 g/mol. The Morgan fingerprint density at radius 1 is 1.50 bits per heavy atom. The molecule has 0 saturated carbocycles. The Bertz CT molecular complexity index is 367. The molecule has 1 aliphatic rings. The summed E-state index contributed by atoms with van der Waals surface area (Å²) in [6, 6.07) is 8.24. The maximum Gasteiger partial charge on any atom is 0.120 e. The highest BCUT2D eigenvalue weighted by Crippen LogP contribution is 2.17. The van der Waals surface area contributed by atoms with Crippen LogP contribution >= 0.6 is 11.6 Å². The molecular formula is C14H21ClN2O. The Morgan fingerprint density at radius 2 is 2.39 bits per heavy atom. The average molecular weight is 269 g/mol. The molecule has 1 aliphatic heterocycles. The quantitative estimate of drug-likeness (QED) is 0.858. The van der Waals surface area contributed by atoms with E-state index in [0.717, 1.165) is 37.0 Å². The van der Waals surface area contributed by atoms with Crippen molar-refractivity contribution in [1.82, 2.24) is 10.2 Å². The number of hydrogen-bond donors (Lipinski definition) is 1. The van der Waals surface area contributed by atoms with Crippen LogP contribution in [0.3, 0.4) is 0 Å². The van der Waals surface area contributed by atoms with Crippen molar-refractivity contribution in [3.63, 3.8) is 0 Å². The van der Waals surface area contributed by atoms with Crippen molar-refractivity contribution in [1.29, 1.82) is 0 Å².